The third kappa shape index (κ3) is 4.75. The topological polar surface area (TPSA) is 59.1 Å². The van der Waals surface area contributed by atoms with Gasteiger partial charge < -0.3 is 15.4 Å². The molecule has 0 aliphatic heterocycles. The molecule has 0 aliphatic rings. The van der Waals surface area contributed by atoms with Crippen molar-refractivity contribution in [2.24, 2.45) is 0 Å². The zero-order valence-electron chi connectivity index (χ0n) is 13.5. The fraction of sp³-hybridized carbons (Fsp3) is 0.111. The first-order valence-electron chi connectivity index (χ1n) is 7.55. The van der Waals surface area contributed by atoms with Crippen molar-refractivity contribution in [3.05, 3.63) is 70.5 Å². The maximum atomic E-state index is 6.16. The van der Waals surface area contributed by atoms with Crippen LogP contribution in [-0.2, 0) is 6.54 Å². The number of nitrogens with one attached hydrogen (secondary N) is 2. The predicted octanol–water partition coefficient (Wildman–Crippen LogP) is 5.15. The molecular weight excluding hydrogens is 359 g/mol. The molecule has 2 N–H and O–H groups in total. The normalized spacial score (nSPS) is 10.4. The predicted molar refractivity (Wildman–Crippen MR) is 102 cm³/mol. The average Bonchev–Trinajstić information content (AvgIpc) is 2.64. The average molecular weight is 375 g/mol. The molecule has 3 rings (SSSR count). The molecule has 128 valence electrons. The highest BCUT2D eigenvalue weighted by atomic mass is 35.5. The van der Waals surface area contributed by atoms with E-state index >= 15 is 0 Å². The summed E-state index contributed by atoms with van der Waals surface area (Å²) in [6.45, 7) is 0.637. The number of methoxy groups -OCH3 is 1. The summed E-state index contributed by atoms with van der Waals surface area (Å²) in [5.41, 5.74) is 1.81. The molecule has 7 heteroatoms. The number of benzene rings is 2. The van der Waals surface area contributed by atoms with Crippen molar-refractivity contribution in [3.63, 3.8) is 0 Å². The fourth-order valence-corrected chi connectivity index (χ4v) is 2.53. The van der Waals surface area contributed by atoms with Crippen LogP contribution in [0.4, 0.5) is 17.3 Å². The molecule has 0 amide bonds. The number of aromatic nitrogens is 2. The summed E-state index contributed by atoms with van der Waals surface area (Å²) >= 11 is 12.2. The molecule has 0 fully saturated rings. The Morgan fingerprint density at radius 2 is 1.72 bits per heavy atom. The van der Waals surface area contributed by atoms with Crippen molar-refractivity contribution in [2.75, 3.05) is 17.7 Å². The molecule has 0 spiro atoms. The van der Waals surface area contributed by atoms with E-state index in [1.165, 1.54) is 6.33 Å². The minimum absolute atomic E-state index is 0.566. The van der Waals surface area contributed by atoms with E-state index < -0.39 is 0 Å². The van der Waals surface area contributed by atoms with E-state index in [1.807, 2.05) is 24.3 Å². The number of hydrogen-bond acceptors (Lipinski definition) is 5. The summed E-state index contributed by atoms with van der Waals surface area (Å²) < 4.78 is 5.15. The lowest BCUT2D eigenvalue weighted by atomic mass is 10.2. The number of rotatable bonds is 6. The zero-order chi connectivity index (χ0) is 17.6. The first kappa shape index (κ1) is 17.3. The van der Waals surface area contributed by atoms with Gasteiger partial charge in [-0.25, -0.2) is 9.97 Å². The maximum absolute atomic E-state index is 6.16. The van der Waals surface area contributed by atoms with Gasteiger partial charge in [-0.15, -0.1) is 0 Å². The molecule has 5 nitrogen and oxygen atoms in total. The van der Waals surface area contributed by atoms with Crippen LogP contribution in [0.25, 0.3) is 0 Å². The summed E-state index contributed by atoms with van der Waals surface area (Å²) in [4.78, 5) is 8.43. The van der Waals surface area contributed by atoms with Crippen LogP contribution in [0.3, 0.4) is 0 Å². The molecule has 1 heterocycles. The van der Waals surface area contributed by atoms with Crippen LogP contribution in [0.5, 0.6) is 5.75 Å². The summed E-state index contributed by atoms with van der Waals surface area (Å²) in [6.07, 6.45) is 1.48. The van der Waals surface area contributed by atoms with Gasteiger partial charge in [0.25, 0.3) is 0 Å². The van der Waals surface area contributed by atoms with E-state index in [-0.39, 0.29) is 0 Å². The van der Waals surface area contributed by atoms with E-state index in [2.05, 4.69) is 20.6 Å². The number of nitrogens with zero attached hydrogens (tertiary/aromatic N) is 2. The molecule has 0 saturated carbocycles. The van der Waals surface area contributed by atoms with Crippen LogP contribution >= 0.6 is 23.2 Å². The molecule has 0 radical (unpaired) electrons. The van der Waals surface area contributed by atoms with Crippen molar-refractivity contribution in [2.45, 2.75) is 6.54 Å². The molecule has 0 bridgehead atoms. The van der Waals surface area contributed by atoms with E-state index in [1.54, 1.807) is 31.4 Å². The SMILES string of the molecule is COc1ccc(CNc2cc(Nc3cc(Cl)ccc3Cl)ncn2)cc1. The lowest BCUT2D eigenvalue weighted by Crippen LogP contribution is -2.03. The Kier molecular flexibility index (Phi) is 5.58. The lowest BCUT2D eigenvalue weighted by molar-refractivity contribution is 0.414. The van der Waals surface area contributed by atoms with Crippen LogP contribution in [0.2, 0.25) is 10.0 Å². The van der Waals surface area contributed by atoms with Crippen LogP contribution in [-0.4, -0.2) is 17.1 Å². The van der Waals surface area contributed by atoms with Crippen LogP contribution < -0.4 is 15.4 Å². The number of hydrogen-bond donors (Lipinski definition) is 2. The van der Waals surface area contributed by atoms with Crippen molar-refractivity contribution in [3.8, 4) is 5.75 Å². The smallest absolute Gasteiger partial charge is 0.135 e. The molecule has 0 saturated heterocycles. The van der Waals surface area contributed by atoms with Gasteiger partial charge in [0.15, 0.2) is 0 Å². The quantitative estimate of drug-likeness (QED) is 0.624. The van der Waals surface area contributed by atoms with Gasteiger partial charge in [0.2, 0.25) is 0 Å². The Morgan fingerprint density at radius 3 is 2.48 bits per heavy atom. The van der Waals surface area contributed by atoms with Gasteiger partial charge in [0.1, 0.15) is 23.7 Å². The van der Waals surface area contributed by atoms with E-state index in [9.17, 15) is 0 Å². The second-order valence-electron chi connectivity index (χ2n) is 5.24. The van der Waals surface area contributed by atoms with E-state index in [4.69, 9.17) is 27.9 Å². The maximum Gasteiger partial charge on any atom is 0.135 e. The van der Waals surface area contributed by atoms with Crippen molar-refractivity contribution in [1.29, 1.82) is 0 Å². The zero-order valence-corrected chi connectivity index (χ0v) is 15.0. The first-order valence-corrected chi connectivity index (χ1v) is 8.30. The summed E-state index contributed by atoms with van der Waals surface area (Å²) in [7, 11) is 1.65. The highest BCUT2D eigenvalue weighted by Crippen LogP contribution is 2.28. The number of anilines is 3. The fourth-order valence-electron chi connectivity index (χ4n) is 2.19. The highest BCUT2D eigenvalue weighted by molar-refractivity contribution is 6.35. The third-order valence-corrected chi connectivity index (χ3v) is 4.06. The second-order valence-corrected chi connectivity index (χ2v) is 6.08. The molecule has 0 unspecified atom stereocenters. The van der Waals surface area contributed by atoms with E-state index in [0.29, 0.717) is 33.9 Å². The van der Waals surface area contributed by atoms with Gasteiger partial charge >= 0.3 is 0 Å². The second kappa shape index (κ2) is 8.05. The minimum atomic E-state index is 0.566. The Morgan fingerprint density at radius 1 is 0.960 bits per heavy atom. The van der Waals surface area contributed by atoms with Gasteiger partial charge in [-0.05, 0) is 35.9 Å². The summed E-state index contributed by atoms with van der Waals surface area (Å²) in [5, 5.41) is 7.56. The Labute approximate surface area is 156 Å². The van der Waals surface area contributed by atoms with Crippen molar-refractivity contribution in [1.82, 2.24) is 9.97 Å². The van der Waals surface area contributed by atoms with Gasteiger partial charge in [-0.2, -0.15) is 0 Å². The summed E-state index contributed by atoms with van der Waals surface area (Å²) in [5.74, 6) is 2.15. The monoisotopic (exact) mass is 374 g/mol. The molecule has 25 heavy (non-hydrogen) atoms. The Balaban J connectivity index is 1.67. The standard InChI is InChI=1S/C18H16Cl2N4O/c1-25-14-5-2-12(3-6-14)10-21-17-9-18(23-11-22-17)24-16-8-13(19)4-7-15(16)20/h2-9,11H,10H2,1H3,(H2,21,22,23,24). The van der Waals surface area contributed by atoms with Gasteiger partial charge in [0, 0.05) is 17.6 Å². The molecular formula is C18H16Cl2N4O. The molecule has 1 aromatic heterocycles. The molecule has 2 aromatic carbocycles. The number of halogens is 2. The molecule has 3 aromatic rings. The largest absolute Gasteiger partial charge is 0.497 e. The molecule has 0 aliphatic carbocycles. The van der Waals surface area contributed by atoms with Gasteiger partial charge in [0.05, 0.1) is 17.8 Å². The third-order valence-electron chi connectivity index (χ3n) is 3.49. The van der Waals surface area contributed by atoms with Crippen LogP contribution in [0.15, 0.2) is 54.9 Å². The molecule has 0 atom stereocenters. The van der Waals surface area contributed by atoms with Crippen molar-refractivity contribution < 1.29 is 4.74 Å². The first-order chi connectivity index (χ1) is 12.1. The lowest BCUT2D eigenvalue weighted by Gasteiger charge is -2.10. The Hall–Kier alpha value is -2.50. The minimum Gasteiger partial charge on any atom is -0.497 e. The van der Waals surface area contributed by atoms with Crippen molar-refractivity contribution >= 4 is 40.5 Å². The Bertz CT molecular complexity index is 856. The summed E-state index contributed by atoms with van der Waals surface area (Å²) in [6, 6.07) is 14.9. The van der Waals surface area contributed by atoms with Gasteiger partial charge in [-0.3, -0.25) is 0 Å². The van der Waals surface area contributed by atoms with Crippen LogP contribution in [0, 0.1) is 0 Å². The van der Waals surface area contributed by atoms with E-state index in [0.717, 1.165) is 11.3 Å². The highest BCUT2D eigenvalue weighted by Gasteiger charge is 2.04. The van der Waals surface area contributed by atoms with Gasteiger partial charge in [-0.1, -0.05) is 35.3 Å². The van der Waals surface area contributed by atoms with Crippen LogP contribution in [0.1, 0.15) is 5.56 Å². The number of ether oxygens (including phenoxy) is 1.